The van der Waals surface area contributed by atoms with Gasteiger partial charge in [0.2, 0.25) is 5.91 Å². The lowest BCUT2D eigenvalue weighted by Gasteiger charge is -2.56. The lowest BCUT2D eigenvalue weighted by molar-refractivity contribution is -0.205. The standard InChI is InChI=1S/C29H36N2O9/c1-8-14(32)40-24-15-11(2)12-9-10-13(28(3,4)5)21(33)16(12)22(34)17(15)25(36)29(39)19(24)20(31(6)7)23(35)18(26(29)37)27(30)38/h9-11,15,17-20,24,33,39H,8H2,1-7H3,(H2,30,38)/t11-,15?,17?,18?,19?,20-,24-,29-/m0/s1. The van der Waals surface area contributed by atoms with E-state index in [0.717, 1.165) is 0 Å². The summed E-state index contributed by atoms with van der Waals surface area (Å²) in [7, 11) is 2.92. The molecule has 3 aliphatic rings. The highest BCUT2D eigenvalue weighted by Crippen LogP contribution is 2.56. The van der Waals surface area contributed by atoms with Crippen molar-refractivity contribution in [2.45, 2.75) is 70.1 Å². The number of hydrogen-bond acceptors (Lipinski definition) is 10. The third-order valence-electron chi connectivity index (χ3n) is 8.82. The van der Waals surface area contributed by atoms with Crippen molar-refractivity contribution in [2.75, 3.05) is 14.1 Å². The quantitative estimate of drug-likeness (QED) is 0.352. The molecule has 1 aromatic carbocycles. The molecule has 2 saturated carbocycles. The number of nitrogens with zero attached hydrogens (tertiary/aromatic N) is 1. The van der Waals surface area contributed by atoms with Crippen molar-refractivity contribution in [3.8, 4) is 5.75 Å². The Balaban J connectivity index is 2.04. The second-order valence-corrected chi connectivity index (χ2v) is 12.4. The van der Waals surface area contributed by atoms with Gasteiger partial charge in [-0.25, -0.2) is 0 Å². The monoisotopic (exact) mass is 556 g/mol. The summed E-state index contributed by atoms with van der Waals surface area (Å²) >= 11 is 0. The number of ether oxygens (including phenoxy) is 1. The van der Waals surface area contributed by atoms with Crippen LogP contribution in [0.3, 0.4) is 0 Å². The van der Waals surface area contributed by atoms with E-state index in [1.807, 2.05) is 20.8 Å². The maximum Gasteiger partial charge on any atom is 0.305 e. The first-order valence-electron chi connectivity index (χ1n) is 13.3. The van der Waals surface area contributed by atoms with Gasteiger partial charge in [0.15, 0.2) is 34.7 Å². The molecule has 0 radical (unpaired) electrons. The van der Waals surface area contributed by atoms with Crippen LogP contribution in [0.15, 0.2) is 12.1 Å². The summed E-state index contributed by atoms with van der Waals surface area (Å²) in [5.74, 6) is -14.0. The molecular formula is C29H36N2O9. The Morgan fingerprint density at radius 1 is 1.10 bits per heavy atom. The van der Waals surface area contributed by atoms with Gasteiger partial charge in [0.25, 0.3) is 0 Å². The molecule has 0 heterocycles. The second kappa shape index (κ2) is 9.59. The van der Waals surface area contributed by atoms with Crippen LogP contribution in [0.2, 0.25) is 0 Å². The Bertz CT molecular complexity index is 1340. The van der Waals surface area contributed by atoms with Gasteiger partial charge in [-0.05, 0) is 36.6 Å². The zero-order valence-electron chi connectivity index (χ0n) is 23.7. The van der Waals surface area contributed by atoms with E-state index in [1.54, 1.807) is 19.1 Å². The highest BCUT2D eigenvalue weighted by Gasteiger charge is 2.74. The average Bonchev–Trinajstić information content (AvgIpc) is 2.84. The number of phenolic OH excluding ortho intramolecular Hbond substituents is 1. The van der Waals surface area contributed by atoms with Crippen LogP contribution in [0.4, 0.5) is 0 Å². The maximum absolute atomic E-state index is 14.2. The molecule has 4 rings (SSSR count). The number of carbonyl (C=O) groups is 6. The first kappa shape index (κ1) is 29.5. The van der Waals surface area contributed by atoms with Crippen LogP contribution in [-0.2, 0) is 34.1 Å². The second-order valence-electron chi connectivity index (χ2n) is 12.4. The summed E-state index contributed by atoms with van der Waals surface area (Å²) in [6.45, 7) is 8.76. The number of primary amides is 1. The molecule has 40 heavy (non-hydrogen) atoms. The van der Waals surface area contributed by atoms with Gasteiger partial charge in [-0.2, -0.15) is 0 Å². The summed E-state index contributed by atoms with van der Waals surface area (Å²) in [6.07, 6.45) is -1.54. The van der Waals surface area contributed by atoms with Gasteiger partial charge in [0.05, 0.1) is 23.4 Å². The molecule has 8 atom stereocenters. The maximum atomic E-state index is 14.2. The molecule has 0 spiro atoms. The Morgan fingerprint density at radius 3 is 2.20 bits per heavy atom. The molecule has 0 bridgehead atoms. The van der Waals surface area contributed by atoms with Crippen LogP contribution in [0, 0.1) is 23.7 Å². The molecule has 0 aromatic heterocycles. The highest BCUT2D eigenvalue weighted by atomic mass is 16.5. The number of likely N-dealkylation sites (N-methyl/N-ethyl adjacent to an activating group) is 1. The van der Waals surface area contributed by atoms with Crippen LogP contribution < -0.4 is 5.73 Å². The van der Waals surface area contributed by atoms with Crippen LogP contribution in [0.25, 0.3) is 0 Å². The van der Waals surface area contributed by atoms with Crippen molar-refractivity contribution in [2.24, 2.45) is 29.4 Å². The number of benzene rings is 1. The third-order valence-corrected chi connectivity index (χ3v) is 8.82. The van der Waals surface area contributed by atoms with Gasteiger partial charge in [-0.15, -0.1) is 0 Å². The van der Waals surface area contributed by atoms with Crippen molar-refractivity contribution in [3.05, 3.63) is 28.8 Å². The Hall–Kier alpha value is -3.44. The van der Waals surface area contributed by atoms with Gasteiger partial charge in [-0.1, -0.05) is 46.8 Å². The van der Waals surface area contributed by atoms with Crippen molar-refractivity contribution in [1.82, 2.24) is 4.90 Å². The fourth-order valence-electron chi connectivity index (χ4n) is 6.95. The summed E-state index contributed by atoms with van der Waals surface area (Å²) in [6, 6.07) is 1.96. The third kappa shape index (κ3) is 3.93. The molecule has 4 N–H and O–H groups in total. The van der Waals surface area contributed by atoms with Gasteiger partial charge in [-0.3, -0.25) is 33.7 Å². The number of fused-ring (bicyclic) bond motifs is 3. The van der Waals surface area contributed by atoms with E-state index in [9.17, 15) is 39.0 Å². The Kier molecular flexibility index (Phi) is 7.08. The van der Waals surface area contributed by atoms with E-state index in [2.05, 4.69) is 0 Å². The van der Waals surface area contributed by atoms with E-state index in [0.29, 0.717) is 11.1 Å². The first-order valence-corrected chi connectivity index (χ1v) is 13.3. The van der Waals surface area contributed by atoms with E-state index >= 15 is 0 Å². The Morgan fingerprint density at radius 2 is 1.70 bits per heavy atom. The van der Waals surface area contributed by atoms with E-state index < -0.39 is 87.8 Å². The predicted octanol–water partition coefficient (Wildman–Crippen LogP) is 0.657. The molecule has 0 aliphatic heterocycles. The molecule has 3 aliphatic carbocycles. The highest BCUT2D eigenvalue weighted by molar-refractivity contribution is 6.32. The fraction of sp³-hybridized carbons (Fsp3) is 0.586. The Labute approximate surface area is 232 Å². The summed E-state index contributed by atoms with van der Waals surface area (Å²) in [4.78, 5) is 81.8. The van der Waals surface area contributed by atoms with Gasteiger partial charge >= 0.3 is 5.97 Å². The number of nitrogens with two attached hydrogens (primary N) is 1. The van der Waals surface area contributed by atoms with E-state index in [4.69, 9.17) is 10.5 Å². The van der Waals surface area contributed by atoms with Crippen molar-refractivity contribution >= 4 is 35.0 Å². The number of ketones is 4. The number of amides is 1. The number of rotatable bonds is 4. The minimum absolute atomic E-state index is 0.0972. The van der Waals surface area contributed by atoms with Crippen LogP contribution in [-0.4, -0.2) is 82.0 Å². The predicted molar refractivity (Wildman–Crippen MR) is 140 cm³/mol. The molecule has 0 saturated heterocycles. The molecule has 1 amide bonds. The van der Waals surface area contributed by atoms with Crippen molar-refractivity contribution in [3.63, 3.8) is 0 Å². The minimum Gasteiger partial charge on any atom is -0.507 e. The molecule has 216 valence electrons. The van der Waals surface area contributed by atoms with Crippen molar-refractivity contribution in [1.29, 1.82) is 0 Å². The molecular weight excluding hydrogens is 520 g/mol. The SMILES string of the molecule is CCC(=O)O[C@H]1C2C(C(=O)c3c(ccc(C(C)(C)C)c3O)[C@@H]2C)C(=O)[C@]2(O)C(=O)C(C(N)=O)C(=O)[C@@H](N(C)C)C12. The number of Topliss-reactive ketones (excluding diaryl/α,β-unsaturated/α-hetero) is 4. The summed E-state index contributed by atoms with van der Waals surface area (Å²) < 4.78 is 5.79. The smallest absolute Gasteiger partial charge is 0.305 e. The van der Waals surface area contributed by atoms with Gasteiger partial charge in [0.1, 0.15) is 11.9 Å². The molecule has 11 nitrogen and oxygen atoms in total. The fourth-order valence-corrected chi connectivity index (χ4v) is 6.95. The topological polar surface area (TPSA) is 181 Å². The number of carbonyl (C=O) groups excluding carboxylic acids is 6. The number of esters is 1. The van der Waals surface area contributed by atoms with Crippen molar-refractivity contribution < 1.29 is 43.7 Å². The van der Waals surface area contributed by atoms with E-state index in [-0.39, 0.29) is 17.7 Å². The number of aliphatic hydroxyl groups is 1. The molecule has 1 aromatic rings. The number of aromatic hydroxyl groups is 1. The summed E-state index contributed by atoms with van der Waals surface area (Å²) in [5, 5.41) is 23.2. The van der Waals surface area contributed by atoms with Gasteiger partial charge in [0, 0.05) is 12.3 Å². The largest absolute Gasteiger partial charge is 0.507 e. The zero-order valence-corrected chi connectivity index (χ0v) is 23.7. The molecule has 11 heteroatoms. The van der Waals surface area contributed by atoms with E-state index in [1.165, 1.54) is 25.9 Å². The summed E-state index contributed by atoms with van der Waals surface area (Å²) in [5.41, 5.74) is 2.56. The normalized spacial score (nSPS) is 33.8. The average molecular weight is 557 g/mol. The number of phenols is 1. The van der Waals surface area contributed by atoms with Gasteiger partial charge < -0.3 is 20.7 Å². The number of hydrogen-bond donors (Lipinski definition) is 3. The first-order chi connectivity index (χ1) is 18.4. The molecule has 4 unspecified atom stereocenters. The molecule has 2 fully saturated rings. The lowest BCUT2D eigenvalue weighted by atomic mass is 9.49. The lowest BCUT2D eigenvalue weighted by Crippen LogP contribution is -2.78. The minimum atomic E-state index is -3.04. The van der Waals surface area contributed by atoms with Crippen LogP contribution in [0.5, 0.6) is 5.75 Å². The zero-order chi connectivity index (χ0) is 30.2. The van der Waals surface area contributed by atoms with Crippen LogP contribution >= 0.6 is 0 Å². The van der Waals surface area contributed by atoms with Crippen LogP contribution in [0.1, 0.15) is 68.4 Å².